The van der Waals surface area contributed by atoms with Crippen molar-refractivity contribution >= 4 is 11.6 Å². The molecule has 0 spiro atoms. The van der Waals surface area contributed by atoms with Crippen LogP contribution in [0.2, 0.25) is 0 Å². The third-order valence-corrected chi connectivity index (χ3v) is 3.97. The van der Waals surface area contributed by atoms with E-state index in [1.165, 1.54) is 0 Å². The van der Waals surface area contributed by atoms with E-state index in [-0.39, 0.29) is 24.1 Å². The Morgan fingerprint density at radius 2 is 1.52 bits per heavy atom. The maximum Gasteiger partial charge on any atom is 0.302 e. The molecule has 0 fully saturated rings. The molecule has 0 aromatic carbocycles. The van der Waals surface area contributed by atoms with E-state index in [9.17, 15) is 0 Å². The molecule has 144 valence electrons. The van der Waals surface area contributed by atoms with Crippen molar-refractivity contribution in [3.8, 4) is 11.8 Å². The van der Waals surface area contributed by atoms with Gasteiger partial charge < -0.3 is 9.47 Å². The molecule has 0 unspecified atom stereocenters. The zero-order valence-corrected chi connectivity index (χ0v) is 14.6. The highest BCUT2D eigenvalue weighted by atomic mass is 16.6. The van der Waals surface area contributed by atoms with Gasteiger partial charge in [0.25, 0.3) is 11.6 Å². The summed E-state index contributed by atoms with van der Waals surface area (Å²) >= 11 is 0. The van der Waals surface area contributed by atoms with E-state index in [4.69, 9.17) is 23.4 Å². The number of hydrazine groups is 1. The molecule has 13 heteroatoms. The van der Waals surface area contributed by atoms with E-state index in [0.717, 1.165) is 25.7 Å². The Hall–Kier alpha value is -3.38. The van der Waals surface area contributed by atoms with Gasteiger partial charge in [0.1, 0.15) is 11.4 Å². The summed E-state index contributed by atoms with van der Waals surface area (Å²) in [5.74, 6) is 1.07. The normalized spacial score (nSPS) is 15.7. The van der Waals surface area contributed by atoms with Crippen molar-refractivity contribution in [2.75, 3.05) is 23.6 Å². The highest BCUT2D eigenvalue weighted by Gasteiger charge is 2.25. The van der Waals surface area contributed by atoms with E-state index < -0.39 is 0 Å². The van der Waals surface area contributed by atoms with Crippen LogP contribution in [0.5, 0.6) is 11.8 Å². The number of hydrogen-bond acceptors (Lipinski definition) is 13. The molecule has 0 saturated carbocycles. The predicted octanol–water partition coefficient (Wildman–Crippen LogP) is 1.51. The van der Waals surface area contributed by atoms with Gasteiger partial charge in [-0.3, -0.25) is 10.4 Å². The van der Waals surface area contributed by atoms with Crippen molar-refractivity contribution in [2.45, 2.75) is 39.2 Å². The van der Waals surface area contributed by atoms with Gasteiger partial charge in [0, 0.05) is 0 Å². The Labute approximate surface area is 152 Å². The van der Waals surface area contributed by atoms with Crippen LogP contribution in [0.3, 0.4) is 0 Å². The smallest absolute Gasteiger partial charge is 0.302 e. The van der Waals surface area contributed by atoms with Gasteiger partial charge in [-0.2, -0.15) is 0 Å². The monoisotopic (exact) mass is 378 g/mol. The lowest BCUT2D eigenvalue weighted by Crippen LogP contribution is -2.31. The molecular formula is C14H18N8O5. The largest absolute Gasteiger partial charge is 0.473 e. The molecule has 0 amide bonds. The third kappa shape index (κ3) is 3.91. The molecule has 27 heavy (non-hydrogen) atoms. The van der Waals surface area contributed by atoms with Gasteiger partial charge in [0.05, 0.1) is 19.8 Å². The van der Waals surface area contributed by atoms with Gasteiger partial charge in [-0.05, 0) is 53.2 Å². The van der Waals surface area contributed by atoms with Crippen molar-refractivity contribution in [2.24, 2.45) is 0 Å². The summed E-state index contributed by atoms with van der Waals surface area (Å²) in [7, 11) is 0. The van der Waals surface area contributed by atoms with Crippen molar-refractivity contribution in [3.05, 3.63) is 11.4 Å². The molecule has 4 heterocycles. The summed E-state index contributed by atoms with van der Waals surface area (Å²) in [6, 6.07) is 0. The molecule has 0 atom stereocenters. The molecule has 0 saturated heterocycles. The topological polar surface area (TPSA) is 150 Å². The summed E-state index contributed by atoms with van der Waals surface area (Å²) in [6.07, 6.45) is 3.77. The van der Waals surface area contributed by atoms with Crippen molar-refractivity contribution in [1.82, 2.24) is 30.9 Å². The van der Waals surface area contributed by atoms with Gasteiger partial charge in [-0.15, -0.1) is 0 Å². The van der Waals surface area contributed by atoms with Crippen LogP contribution >= 0.6 is 0 Å². The number of hydrogen-bond donors (Lipinski definition) is 1. The van der Waals surface area contributed by atoms with E-state index in [1.54, 1.807) is 11.9 Å². The Balaban J connectivity index is 1.65. The summed E-state index contributed by atoms with van der Waals surface area (Å²) in [4.78, 5) is 0. The zero-order valence-electron chi connectivity index (χ0n) is 14.6. The zero-order chi connectivity index (χ0) is 18.5. The van der Waals surface area contributed by atoms with E-state index >= 15 is 0 Å². The Morgan fingerprint density at radius 1 is 0.815 bits per heavy atom. The van der Waals surface area contributed by atoms with Crippen LogP contribution < -0.4 is 19.9 Å². The van der Waals surface area contributed by atoms with Gasteiger partial charge in [-0.25, -0.2) is 13.9 Å². The van der Waals surface area contributed by atoms with E-state index in [0.29, 0.717) is 30.4 Å². The van der Waals surface area contributed by atoms with E-state index in [2.05, 4.69) is 36.4 Å². The second kappa shape index (κ2) is 7.88. The number of aromatic nitrogens is 6. The lowest BCUT2D eigenvalue weighted by atomic mass is 10.2. The molecular weight excluding hydrogens is 360 g/mol. The number of nitrogens with one attached hydrogen (secondary N) is 1. The van der Waals surface area contributed by atoms with Crippen LogP contribution in [-0.2, 0) is 6.54 Å². The quantitative estimate of drug-likeness (QED) is 0.686. The van der Waals surface area contributed by atoms with Crippen molar-refractivity contribution in [3.63, 3.8) is 0 Å². The summed E-state index contributed by atoms with van der Waals surface area (Å²) in [5.41, 5.74) is 4.24. The standard InChI is InChI=1S/C14H18N8O5/c1-9-10(17-25-16-9)8-22-12-14(21-27-19-12)24-7-5-3-2-4-6-23-13-11(15-22)18-26-20-13/h2-8H2,1H3,(H,15,18). The molecule has 0 bridgehead atoms. The number of fused-ring (bicyclic) bond motifs is 2. The maximum atomic E-state index is 5.72. The van der Waals surface area contributed by atoms with Crippen LogP contribution in [0.4, 0.5) is 11.6 Å². The Morgan fingerprint density at radius 3 is 2.30 bits per heavy atom. The SMILES string of the molecule is Cc1nonc1CN1Nc2nonc2OCCCCCCOc2nonc21. The van der Waals surface area contributed by atoms with Crippen LogP contribution in [0.25, 0.3) is 0 Å². The minimum Gasteiger partial charge on any atom is -0.473 e. The molecule has 3 aromatic heterocycles. The van der Waals surface area contributed by atoms with Crippen molar-refractivity contribution < 1.29 is 23.4 Å². The van der Waals surface area contributed by atoms with Gasteiger partial charge in [0.15, 0.2) is 0 Å². The first-order valence-electron chi connectivity index (χ1n) is 8.54. The summed E-state index contributed by atoms with van der Waals surface area (Å²) in [6.45, 7) is 3.00. The van der Waals surface area contributed by atoms with Gasteiger partial charge >= 0.3 is 11.8 Å². The van der Waals surface area contributed by atoms with Gasteiger partial charge in [0.2, 0.25) is 0 Å². The number of nitrogens with zero attached hydrogens (tertiary/aromatic N) is 7. The Bertz CT molecular complexity index is 861. The third-order valence-electron chi connectivity index (χ3n) is 3.97. The summed E-state index contributed by atoms with van der Waals surface area (Å²) < 4.78 is 25.8. The van der Waals surface area contributed by atoms with Gasteiger partial charge in [-0.1, -0.05) is 10.3 Å². The average Bonchev–Trinajstić information content (AvgIpc) is 3.39. The molecule has 3 aromatic rings. The highest BCUT2D eigenvalue weighted by Crippen LogP contribution is 2.28. The highest BCUT2D eigenvalue weighted by molar-refractivity contribution is 5.55. The fourth-order valence-corrected chi connectivity index (χ4v) is 2.51. The first-order chi connectivity index (χ1) is 13.3. The molecule has 0 radical (unpaired) electrons. The molecule has 13 nitrogen and oxygen atoms in total. The van der Waals surface area contributed by atoms with Crippen LogP contribution in [0.15, 0.2) is 13.9 Å². The number of rotatable bonds is 2. The number of aryl methyl sites for hydroxylation is 1. The first kappa shape index (κ1) is 17.1. The maximum absolute atomic E-state index is 5.72. The van der Waals surface area contributed by atoms with Crippen LogP contribution in [0, 0.1) is 6.92 Å². The molecule has 1 aliphatic heterocycles. The number of anilines is 2. The van der Waals surface area contributed by atoms with Crippen LogP contribution in [0.1, 0.15) is 37.1 Å². The minimum atomic E-state index is 0.214. The summed E-state index contributed by atoms with van der Waals surface area (Å²) in [5, 5.41) is 24.6. The Kier molecular flexibility index (Phi) is 4.98. The molecule has 0 aliphatic carbocycles. The van der Waals surface area contributed by atoms with Crippen LogP contribution in [-0.4, -0.2) is 44.2 Å². The lowest BCUT2D eigenvalue weighted by molar-refractivity contribution is 0.242. The fourth-order valence-electron chi connectivity index (χ4n) is 2.51. The molecule has 1 N–H and O–H groups in total. The predicted molar refractivity (Wildman–Crippen MR) is 86.9 cm³/mol. The van der Waals surface area contributed by atoms with Crippen molar-refractivity contribution in [1.29, 1.82) is 0 Å². The second-order valence-corrected chi connectivity index (χ2v) is 5.92. The lowest BCUT2D eigenvalue weighted by Gasteiger charge is -2.21. The number of ether oxygens (including phenoxy) is 2. The molecule has 1 aliphatic rings. The second-order valence-electron chi connectivity index (χ2n) is 5.92. The molecule has 4 rings (SSSR count). The minimum absolute atomic E-state index is 0.214. The first-order valence-corrected chi connectivity index (χ1v) is 8.54. The average molecular weight is 378 g/mol. The fraction of sp³-hybridized carbons (Fsp3) is 0.571. The van der Waals surface area contributed by atoms with E-state index in [1.807, 2.05) is 0 Å².